The minimum Gasteiger partial charge on any atom is -0.342 e. The fraction of sp³-hybridized carbons (Fsp3) is 0.917. The van der Waals surface area contributed by atoms with Crippen LogP contribution in [0.15, 0.2) is 0 Å². The molecule has 2 fully saturated rings. The molecule has 1 atom stereocenters. The molecule has 0 aromatic carbocycles. The molecule has 1 saturated heterocycles. The molecule has 0 radical (unpaired) electrons. The number of hydrogen-bond acceptors (Lipinski definition) is 2. The van der Waals surface area contributed by atoms with Crippen LogP contribution in [0.1, 0.15) is 39.5 Å². The minimum atomic E-state index is 0.0808. The molecule has 0 bridgehead atoms. The Bertz CT molecular complexity index is 258. The van der Waals surface area contributed by atoms with Crippen LogP contribution in [0.3, 0.4) is 0 Å². The second-order valence-corrected chi connectivity index (χ2v) is 5.85. The maximum atomic E-state index is 11.9. The zero-order valence-corrected chi connectivity index (χ0v) is 9.83. The lowest BCUT2D eigenvalue weighted by atomic mass is 9.79. The van der Waals surface area contributed by atoms with Crippen LogP contribution < -0.4 is 5.73 Å². The molecule has 1 aliphatic heterocycles. The maximum absolute atomic E-state index is 11.9. The van der Waals surface area contributed by atoms with Crippen LogP contribution in [-0.4, -0.2) is 29.9 Å². The van der Waals surface area contributed by atoms with Gasteiger partial charge < -0.3 is 10.6 Å². The molecular formula is C12H22N2O. The van der Waals surface area contributed by atoms with Gasteiger partial charge in [0.25, 0.3) is 0 Å². The summed E-state index contributed by atoms with van der Waals surface area (Å²) in [6, 6.07) is 0.238. The van der Waals surface area contributed by atoms with E-state index in [1.54, 1.807) is 0 Å². The molecule has 1 saturated carbocycles. The Hall–Kier alpha value is -0.570. The average Bonchev–Trinajstić information content (AvgIpc) is 2.93. The zero-order chi connectivity index (χ0) is 11.1. The van der Waals surface area contributed by atoms with Crippen LogP contribution in [0.2, 0.25) is 0 Å². The molecule has 1 heterocycles. The molecule has 0 spiro atoms. The molecule has 0 aromatic rings. The number of carbonyl (C=O) groups excluding carboxylic acids is 1. The number of nitrogens with two attached hydrogens (primary N) is 1. The Kier molecular flexibility index (Phi) is 2.75. The van der Waals surface area contributed by atoms with Gasteiger partial charge in [-0.2, -0.15) is 0 Å². The van der Waals surface area contributed by atoms with E-state index in [9.17, 15) is 4.79 Å². The Morgan fingerprint density at radius 3 is 2.60 bits per heavy atom. The highest BCUT2D eigenvalue weighted by atomic mass is 16.2. The number of likely N-dealkylation sites (tertiary alicyclic amines) is 1. The van der Waals surface area contributed by atoms with Gasteiger partial charge in [-0.1, -0.05) is 13.8 Å². The van der Waals surface area contributed by atoms with Gasteiger partial charge in [-0.25, -0.2) is 0 Å². The second-order valence-electron chi connectivity index (χ2n) is 5.85. The van der Waals surface area contributed by atoms with Crippen molar-refractivity contribution in [2.45, 2.75) is 45.6 Å². The van der Waals surface area contributed by atoms with Gasteiger partial charge in [-0.15, -0.1) is 0 Å². The van der Waals surface area contributed by atoms with Gasteiger partial charge >= 0.3 is 0 Å². The fourth-order valence-corrected chi connectivity index (χ4v) is 2.28. The van der Waals surface area contributed by atoms with Crippen molar-refractivity contribution in [3.05, 3.63) is 0 Å². The average molecular weight is 210 g/mol. The number of rotatable bonds is 2. The van der Waals surface area contributed by atoms with Crippen LogP contribution in [-0.2, 0) is 4.79 Å². The summed E-state index contributed by atoms with van der Waals surface area (Å²) in [5.74, 6) is 1.04. The zero-order valence-electron chi connectivity index (χ0n) is 9.83. The Balaban J connectivity index is 1.90. The summed E-state index contributed by atoms with van der Waals surface area (Å²) in [4.78, 5) is 13.9. The van der Waals surface area contributed by atoms with E-state index in [2.05, 4.69) is 13.8 Å². The maximum Gasteiger partial charge on any atom is 0.222 e. The summed E-state index contributed by atoms with van der Waals surface area (Å²) >= 11 is 0. The van der Waals surface area contributed by atoms with Gasteiger partial charge in [-0.05, 0) is 30.6 Å². The Labute approximate surface area is 92.0 Å². The van der Waals surface area contributed by atoms with Gasteiger partial charge in [0.1, 0.15) is 0 Å². The van der Waals surface area contributed by atoms with E-state index in [1.807, 2.05) is 4.90 Å². The van der Waals surface area contributed by atoms with E-state index >= 15 is 0 Å². The first-order chi connectivity index (χ1) is 6.99. The standard InChI is InChI=1S/C12H22N2O/c1-12(2)8-14(6-5-10(12)13)11(15)7-9-3-4-9/h9-10H,3-8,13H2,1-2H3. The molecule has 1 unspecified atom stereocenters. The molecule has 2 rings (SSSR count). The predicted molar refractivity (Wildman–Crippen MR) is 60.3 cm³/mol. The summed E-state index contributed by atoms with van der Waals surface area (Å²) < 4.78 is 0. The SMILES string of the molecule is CC1(C)CN(C(=O)CC2CC2)CCC1N. The van der Waals surface area contributed by atoms with E-state index in [4.69, 9.17) is 5.73 Å². The topological polar surface area (TPSA) is 46.3 Å². The molecule has 0 aromatic heterocycles. The summed E-state index contributed by atoms with van der Waals surface area (Å²) in [5, 5.41) is 0. The third-order valence-corrected chi connectivity index (χ3v) is 3.83. The van der Waals surface area contributed by atoms with E-state index in [1.165, 1.54) is 12.8 Å². The van der Waals surface area contributed by atoms with Crippen LogP contribution in [0.25, 0.3) is 0 Å². The first kappa shape index (κ1) is 10.9. The van der Waals surface area contributed by atoms with Crippen molar-refractivity contribution < 1.29 is 4.79 Å². The van der Waals surface area contributed by atoms with Crippen LogP contribution in [0.5, 0.6) is 0 Å². The van der Waals surface area contributed by atoms with E-state index in [0.29, 0.717) is 11.8 Å². The van der Waals surface area contributed by atoms with Crippen molar-refractivity contribution >= 4 is 5.91 Å². The smallest absolute Gasteiger partial charge is 0.222 e. The van der Waals surface area contributed by atoms with Gasteiger partial charge in [0.15, 0.2) is 0 Å². The first-order valence-corrected chi connectivity index (χ1v) is 6.02. The van der Waals surface area contributed by atoms with E-state index in [-0.39, 0.29) is 11.5 Å². The van der Waals surface area contributed by atoms with Crippen LogP contribution in [0, 0.1) is 11.3 Å². The Morgan fingerprint density at radius 2 is 2.07 bits per heavy atom. The molecule has 86 valence electrons. The number of nitrogens with zero attached hydrogens (tertiary/aromatic N) is 1. The van der Waals surface area contributed by atoms with Gasteiger partial charge in [0.2, 0.25) is 5.91 Å². The minimum absolute atomic E-state index is 0.0808. The lowest BCUT2D eigenvalue weighted by molar-refractivity contribution is -0.135. The molecule has 2 N–H and O–H groups in total. The van der Waals surface area contributed by atoms with Crippen molar-refractivity contribution in [1.82, 2.24) is 4.90 Å². The van der Waals surface area contributed by atoms with Crippen LogP contribution >= 0.6 is 0 Å². The first-order valence-electron chi connectivity index (χ1n) is 6.02. The summed E-state index contributed by atoms with van der Waals surface area (Å²) in [5.41, 5.74) is 6.13. The van der Waals surface area contributed by atoms with Crippen molar-refractivity contribution in [3.63, 3.8) is 0 Å². The highest BCUT2D eigenvalue weighted by Crippen LogP contribution is 2.34. The van der Waals surface area contributed by atoms with Gasteiger partial charge in [0, 0.05) is 25.6 Å². The number of hydrogen-bond donors (Lipinski definition) is 1. The van der Waals surface area contributed by atoms with Crippen molar-refractivity contribution in [2.75, 3.05) is 13.1 Å². The van der Waals surface area contributed by atoms with Crippen molar-refractivity contribution in [2.24, 2.45) is 17.1 Å². The lowest BCUT2D eigenvalue weighted by Gasteiger charge is -2.42. The molecule has 3 nitrogen and oxygen atoms in total. The normalized spacial score (nSPS) is 30.3. The number of piperidine rings is 1. The predicted octanol–water partition coefficient (Wildman–Crippen LogP) is 1.37. The second kappa shape index (κ2) is 3.78. The number of carbonyl (C=O) groups is 1. The Morgan fingerprint density at radius 1 is 1.40 bits per heavy atom. The fourth-order valence-electron chi connectivity index (χ4n) is 2.28. The van der Waals surface area contributed by atoms with Gasteiger partial charge in [-0.3, -0.25) is 4.79 Å². The van der Waals surface area contributed by atoms with Crippen LogP contribution in [0.4, 0.5) is 0 Å². The van der Waals surface area contributed by atoms with E-state index < -0.39 is 0 Å². The molecule has 15 heavy (non-hydrogen) atoms. The quantitative estimate of drug-likeness (QED) is 0.748. The highest BCUT2D eigenvalue weighted by molar-refractivity contribution is 5.77. The molecule has 1 amide bonds. The molecule has 3 heteroatoms. The molecule has 1 aliphatic carbocycles. The summed E-state index contributed by atoms with van der Waals surface area (Å²) in [6.07, 6.45) is 4.22. The highest BCUT2D eigenvalue weighted by Gasteiger charge is 2.36. The van der Waals surface area contributed by atoms with Crippen molar-refractivity contribution in [3.8, 4) is 0 Å². The number of amides is 1. The summed E-state index contributed by atoms with van der Waals surface area (Å²) in [6.45, 7) is 6.01. The van der Waals surface area contributed by atoms with E-state index in [0.717, 1.165) is 25.9 Å². The van der Waals surface area contributed by atoms with Gasteiger partial charge in [0.05, 0.1) is 0 Å². The largest absolute Gasteiger partial charge is 0.342 e. The van der Waals surface area contributed by atoms with Crippen molar-refractivity contribution in [1.29, 1.82) is 0 Å². The molecular weight excluding hydrogens is 188 g/mol. The molecule has 2 aliphatic rings. The third kappa shape index (κ3) is 2.51. The lowest BCUT2D eigenvalue weighted by Crippen LogP contribution is -2.54. The monoisotopic (exact) mass is 210 g/mol. The third-order valence-electron chi connectivity index (χ3n) is 3.83. The summed E-state index contributed by atoms with van der Waals surface area (Å²) in [7, 11) is 0.